The second kappa shape index (κ2) is 6.02. The molecule has 2 fully saturated rings. The summed E-state index contributed by atoms with van der Waals surface area (Å²) >= 11 is 0. The molecule has 1 heterocycles. The van der Waals surface area contributed by atoms with Crippen LogP contribution in [0.5, 0.6) is 0 Å². The van der Waals surface area contributed by atoms with E-state index in [9.17, 15) is 4.79 Å². The number of hydrogen-bond donors (Lipinski definition) is 1. The molecule has 0 aromatic rings. The number of amides is 1. The summed E-state index contributed by atoms with van der Waals surface area (Å²) in [7, 11) is 6.09. The van der Waals surface area contributed by atoms with Crippen molar-refractivity contribution in [2.24, 2.45) is 11.8 Å². The third-order valence-electron chi connectivity index (χ3n) is 4.49. The molecule has 1 aliphatic heterocycles. The fourth-order valence-electron chi connectivity index (χ4n) is 3.43. The van der Waals surface area contributed by atoms with Crippen LogP contribution >= 0.6 is 0 Å². The molecule has 3 unspecified atom stereocenters. The van der Waals surface area contributed by atoms with Gasteiger partial charge in [0.05, 0.1) is 6.04 Å². The highest BCUT2D eigenvalue weighted by molar-refractivity contribution is 5.82. The number of fused-ring (bicyclic) bond motifs is 1. The van der Waals surface area contributed by atoms with Crippen LogP contribution in [0.4, 0.5) is 0 Å². The Balaban J connectivity index is 1.79. The summed E-state index contributed by atoms with van der Waals surface area (Å²) in [6, 6.07) is 0.0989. The first-order valence-corrected chi connectivity index (χ1v) is 7.22. The van der Waals surface area contributed by atoms with Crippen molar-refractivity contribution in [2.75, 3.05) is 40.8 Å². The summed E-state index contributed by atoms with van der Waals surface area (Å²) in [5.74, 6) is 1.67. The molecule has 2 aliphatic rings. The van der Waals surface area contributed by atoms with Crippen LogP contribution in [0.2, 0.25) is 0 Å². The number of carbonyl (C=O) groups excluding carboxylic acids is 1. The van der Waals surface area contributed by atoms with E-state index < -0.39 is 0 Å². The number of nitrogens with zero attached hydrogens (tertiary/aromatic N) is 2. The van der Waals surface area contributed by atoms with Crippen molar-refractivity contribution in [3.8, 4) is 0 Å². The lowest BCUT2D eigenvalue weighted by atomic mass is 9.93. The molecule has 0 radical (unpaired) electrons. The molecule has 1 amide bonds. The molecular formula is C14H27N3O. The standard InChI is InChI=1S/C14H27N3O/c1-16(2)8-5-9-17(3)14(18)13-12-7-4-6-11(12)10-15-13/h11-13,15H,4-10H2,1-3H3. The van der Waals surface area contributed by atoms with Gasteiger partial charge in [0.2, 0.25) is 5.91 Å². The zero-order valence-electron chi connectivity index (χ0n) is 12.0. The second-order valence-electron chi connectivity index (χ2n) is 6.16. The van der Waals surface area contributed by atoms with Crippen LogP contribution in [0, 0.1) is 11.8 Å². The third-order valence-corrected chi connectivity index (χ3v) is 4.49. The van der Waals surface area contributed by atoms with Crippen LogP contribution in [-0.4, -0.2) is 62.5 Å². The fraction of sp³-hybridized carbons (Fsp3) is 0.929. The number of rotatable bonds is 5. The van der Waals surface area contributed by atoms with E-state index in [0.29, 0.717) is 11.8 Å². The summed E-state index contributed by atoms with van der Waals surface area (Å²) < 4.78 is 0. The van der Waals surface area contributed by atoms with Gasteiger partial charge >= 0.3 is 0 Å². The number of likely N-dealkylation sites (N-methyl/N-ethyl adjacent to an activating group) is 1. The number of nitrogens with one attached hydrogen (secondary N) is 1. The first-order valence-electron chi connectivity index (χ1n) is 7.22. The Kier molecular flexibility index (Phi) is 4.62. The van der Waals surface area contributed by atoms with Crippen molar-refractivity contribution in [1.82, 2.24) is 15.1 Å². The smallest absolute Gasteiger partial charge is 0.239 e. The Morgan fingerprint density at radius 3 is 2.72 bits per heavy atom. The van der Waals surface area contributed by atoms with Gasteiger partial charge in [0, 0.05) is 13.6 Å². The van der Waals surface area contributed by atoms with E-state index in [0.717, 1.165) is 32.0 Å². The molecule has 0 bridgehead atoms. The van der Waals surface area contributed by atoms with Crippen LogP contribution in [0.25, 0.3) is 0 Å². The molecule has 4 nitrogen and oxygen atoms in total. The minimum atomic E-state index is 0.0989. The van der Waals surface area contributed by atoms with Gasteiger partial charge in [-0.1, -0.05) is 6.42 Å². The van der Waals surface area contributed by atoms with Gasteiger partial charge in [-0.25, -0.2) is 0 Å². The van der Waals surface area contributed by atoms with E-state index in [-0.39, 0.29) is 6.04 Å². The summed E-state index contributed by atoms with van der Waals surface area (Å²) in [4.78, 5) is 16.5. The Hall–Kier alpha value is -0.610. The van der Waals surface area contributed by atoms with Crippen LogP contribution in [-0.2, 0) is 4.79 Å². The third kappa shape index (κ3) is 3.04. The quantitative estimate of drug-likeness (QED) is 0.787. The van der Waals surface area contributed by atoms with Gasteiger partial charge in [-0.05, 0) is 58.3 Å². The maximum Gasteiger partial charge on any atom is 0.239 e. The van der Waals surface area contributed by atoms with Crippen LogP contribution in [0.3, 0.4) is 0 Å². The fourth-order valence-corrected chi connectivity index (χ4v) is 3.43. The van der Waals surface area contributed by atoms with E-state index >= 15 is 0 Å². The molecule has 0 spiro atoms. The number of hydrogen-bond acceptors (Lipinski definition) is 3. The zero-order chi connectivity index (χ0) is 13.1. The molecule has 18 heavy (non-hydrogen) atoms. The SMILES string of the molecule is CN(C)CCCN(C)C(=O)C1NCC2CCCC21. The predicted octanol–water partition coefficient (Wildman–Crippen LogP) is 0.785. The predicted molar refractivity (Wildman–Crippen MR) is 73.4 cm³/mol. The molecule has 1 aliphatic carbocycles. The largest absolute Gasteiger partial charge is 0.344 e. The van der Waals surface area contributed by atoms with Gasteiger partial charge in [0.25, 0.3) is 0 Å². The van der Waals surface area contributed by atoms with Gasteiger partial charge in [0.1, 0.15) is 0 Å². The summed E-state index contributed by atoms with van der Waals surface area (Å²) in [5, 5.41) is 3.44. The first kappa shape index (κ1) is 13.8. The van der Waals surface area contributed by atoms with Gasteiger partial charge in [0.15, 0.2) is 0 Å². The molecule has 0 aromatic carbocycles. The molecule has 0 aromatic heterocycles. The van der Waals surface area contributed by atoms with E-state index in [4.69, 9.17) is 0 Å². The van der Waals surface area contributed by atoms with Crippen LogP contribution in [0.15, 0.2) is 0 Å². The topological polar surface area (TPSA) is 35.6 Å². The minimum Gasteiger partial charge on any atom is -0.344 e. The lowest BCUT2D eigenvalue weighted by molar-refractivity contribution is -0.132. The molecular weight excluding hydrogens is 226 g/mol. The van der Waals surface area contributed by atoms with E-state index in [2.05, 4.69) is 24.3 Å². The van der Waals surface area contributed by atoms with Crippen molar-refractivity contribution in [2.45, 2.75) is 31.7 Å². The van der Waals surface area contributed by atoms with Crippen molar-refractivity contribution in [3.63, 3.8) is 0 Å². The highest BCUT2D eigenvalue weighted by atomic mass is 16.2. The summed E-state index contributed by atoms with van der Waals surface area (Å²) in [6.45, 7) is 2.96. The minimum absolute atomic E-state index is 0.0989. The Morgan fingerprint density at radius 2 is 2.00 bits per heavy atom. The summed E-state index contributed by atoms with van der Waals surface area (Å²) in [6.07, 6.45) is 4.91. The zero-order valence-corrected chi connectivity index (χ0v) is 12.0. The molecule has 4 heteroatoms. The lowest BCUT2D eigenvalue weighted by Crippen LogP contribution is -2.45. The highest BCUT2D eigenvalue weighted by Crippen LogP contribution is 2.38. The van der Waals surface area contributed by atoms with E-state index in [1.807, 2.05) is 11.9 Å². The Bertz CT molecular complexity index is 293. The molecule has 3 atom stereocenters. The molecule has 2 rings (SSSR count). The van der Waals surface area contributed by atoms with Crippen LogP contribution in [0.1, 0.15) is 25.7 Å². The maximum absolute atomic E-state index is 12.4. The summed E-state index contributed by atoms with van der Waals surface area (Å²) in [5.41, 5.74) is 0. The molecule has 104 valence electrons. The average molecular weight is 253 g/mol. The Labute approximate surface area is 111 Å². The highest BCUT2D eigenvalue weighted by Gasteiger charge is 2.43. The molecule has 1 saturated heterocycles. The second-order valence-corrected chi connectivity index (χ2v) is 6.16. The van der Waals surface area contributed by atoms with Gasteiger partial charge < -0.3 is 15.1 Å². The maximum atomic E-state index is 12.4. The lowest BCUT2D eigenvalue weighted by Gasteiger charge is -2.25. The Morgan fingerprint density at radius 1 is 1.22 bits per heavy atom. The van der Waals surface area contributed by atoms with Gasteiger partial charge in [-0.15, -0.1) is 0 Å². The van der Waals surface area contributed by atoms with Crippen molar-refractivity contribution in [1.29, 1.82) is 0 Å². The molecule has 1 saturated carbocycles. The van der Waals surface area contributed by atoms with E-state index in [1.165, 1.54) is 19.3 Å². The monoisotopic (exact) mass is 253 g/mol. The normalized spacial score (nSPS) is 30.8. The van der Waals surface area contributed by atoms with Gasteiger partial charge in [-0.3, -0.25) is 4.79 Å². The number of carbonyl (C=O) groups is 1. The first-order chi connectivity index (χ1) is 8.59. The van der Waals surface area contributed by atoms with Crippen molar-refractivity contribution >= 4 is 5.91 Å². The van der Waals surface area contributed by atoms with E-state index in [1.54, 1.807) is 0 Å². The van der Waals surface area contributed by atoms with Crippen LogP contribution < -0.4 is 5.32 Å². The van der Waals surface area contributed by atoms with Crippen molar-refractivity contribution in [3.05, 3.63) is 0 Å². The van der Waals surface area contributed by atoms with Gasteiger partial charge in [-0.2, -0.15) is 0 Å². The van der Waals surface area contributed by atoms with Crippen molar-refractivity contribution < 1.29 is 4.79 Å². The average Bonchev–Trinajstić information content (AvgIpc) is 2.88. The molecule has 1 N–H and O–H groups in total.